The van der Waals surface area contributed by atoms with Crippen molar-refractivity contribution in [1.82, 2.24) is 15.1 Å². The number of benzene rings is 2. The Kier molecular flexibility index (Phi) is 6.37. The van der Waals surface area contributed by atoms with E-state index in [9.17, 15) is 14.0 Å². The number of hydrazine groups is 1. The monoisotopic (exact) mass is 413 g/mol. The number of carbonyl (C=O) groups is 2. The van der Waals surface area contributed by atoms with Crippen molar-refractivity contribution in [1.29, 1.82) is 0 Å². The zero-order valence-electron chi connectivity index (χ0n) is 16.6. The highest BCUT2D eigenvalue weighted by atomic mass is 19.1. The minimum atomic E-state index is -0.516. The third-order valence-corrected chi connectivity index (χ3v) is 5.34. The van der Waals surface area contributed by atoms with Gasteiger partial charge in [0.05, 0.1) is 38.3 Å². The molecule has 30 heavy (non-hydrogen) atoms. The fraction of sp³-hybridized carbons (Fsp3) is 0.364. The molecule has 0 N–H and O–H groups in total. The zero-order valence-corrected chi connectivity index (χ0v) is 16.6. The lowest BCUT2D eigenvalue weighted by molar-refractivity contribution is -0.217. The molecule has 0 bridgehead atoms. The largest absolute Gasteiger partial charge is 0.379 e. The van der Waals surface area contributed by atoms with Crippen LogP contribution in [0.1, 0.15) is 15.9 Å². The summed E-state index contributed by atoms with van der Waals surface area (Å²) in [7, 11) is 0. The van der Waals surface area contributed by atoms with E-state index in [0.717, 1.165) is 13.1 Å². The van der Waals surface area contributed by atoms with Gasteiger partial charge >= 0.3 is 5.97 Å². The van der Waals surface area contributed by atoms with Crippen LogP contribution in [0.5, 0.6) is 0 Å². The highest BCUT2D eigenvalue weighted by Gasteiger charge is 2.39. The van der Waals surface area contributed by atoms with E-state index in [-0.39, 0.29) is 24.2 Å². The molecule has 2 heterocycles. The van der Waals surface area contributed by atoms with Gasteiger partial charge in [0.1, 0.15) is 5.82 Å². The maximum Gasteiger partial charge on any atom is 0.358 e. The first-order chi connectivity index (χ1) is 14.6. The van der Waals surface area contributed by atoms with E-state index in [0.29, 0.717) is 37.4 Å². The number of hydrogen-bond donors (Lipinski definition) is 0. The summed E-state index contributed by atoms with van der Waals surface area (Å²) in [6.45, 7) is 3.64. The van der Waals surface area contributed by atoms with E-state index < -0.39 is 5.97 Å². The molecule has 1 unspecified atom stereocenters. The van der Waals surface area contributed by atoms with E-state index in [1.807, 2.05) is 6.07 Å². The molecule has 2 aromatic carbocycles. The second-order valence-electron chi connectivity index (χ2n) is 7.36. The lowest BCUT2D eigenvalue weighted by Crippen LogP contribution is -2.46. The summed E-state index contributed by atoms with van der Waals surface area (Å²) < 4.78 is 18.6. The molecule has 0 spiro atoms. The van der Waals surface area contributed by atoms with Gasteiger partial charge in [-0.1, -0.05) is 30.3 Å². The van der Waals surface area contributed by atoms with E-state index in [2.05, 4.69) is 4.90 Å². The van der Waals surface area contributed by atoms with E-state index in [1.54, 1.807) is 36.4 Å². The van der Waals surface area contributed by atoms with Crippen molar-refractivity contribution in [2.24, 2.45) is 0 Å². The molecule has 2 fully saturated rings. The molecule has 8 heteroatoms. The minimum Gasteiger partial charge on any atom is -0.379 e. The average Bonchev–Trinajstić information content (AvgIpc) is 3.20. The van der Waals surface area contributed by atoms with Gasteiger partial charge in [0.2, 0.25) is 5.91 Å². The second-order valence-corrected chi connectivity index (χ2v) is 7.36. The lowest BCUT2D eigenvalue weighted by atomic mass is 10.1. The number of hydrogen-bond acceptors (Lipinski definition) is 6. The topological polar surface area (TPSA) is 62.3 Å². The Bertz CT molecular complexity index is 872. The number of hydroxylamine groups is 1. The first-order valence-corrected chi connectivity index (χ1v) is 10.0. The maximum atomic E-state index is 13.2. The summed E-state index contributed by atoms with van der Waals surface area (Å²) in [5.41, 5.74) is 1.11. The van der Waals surface area contributed by atoms with Crippen LogP contribution in [0.15, 0.2) is 54.6 Å². The van der Waals surface area contributed by atoms with Crippen LogP contribution in [0, 0.1) is 5.82 Å². The molecule has 2 aromatic rings. The van der Waals surface area contributed by atoms with Crippen LogP contribution in [-0.2, 0) is 20.8 Å². The number of halogens is 1. The SMILES string of the molecule is O=C(ON1CC(N2CCOCC2)CN1C(=O)Cc1ccc(F)cc1)c1ccccc1. The Hall–Kier alpha value is -2.81. The van der Waals surface area contributed by atoms with Crippen molar-refractivity contribution in [3.05, 3.63) is 71.5 Å². The molecule has 2 aliphatic rings. The number of rotatable bonds is 5. The fourth-order valence-corrected chi connectivity index (χ4v) is 3.70. The fourth-order valence-electron chi connectivity index (χ4n) is 3.70. The summed E-state index contributed by atoms with van der Waals surface area (Å²) in [5, 5.41) is 2.84. The quantitative estimate of drug-likeness (QED) is 0.746. The Labute approximate surface area is 174 Å². The van der Waals surface area contributed by atoms with Crippen LogP contribution >= 0.6 is 0 Å². The Morgan fingerprint density at radius 1 is 1.00 bits per heavy atom. The van der Waals surface area contributed by atoms with Gasteiger partial charge in [-0.25, -0.2) is 14.2 Å². The smallest absolute Gasteiger partial charge is 0.358 e. The molecule has 1 amide bonds. The zero-order chi connectivity index (χ0) is 20.9. The molecule has 0 aliphatic carbocycles. The van der Waals surface area contributed by atoms with Crippen molar-refractivity contribution in [3.8, 4) is 0 Å². The van der Waals surface area contributed by atoms with Crippen LogP contribution in [0.4, 0.5) is 4.39 Å². The van der Waals surface area contributed by atoms with Gasteiger partial charge in [-0.3, -0.25) is 9.69 Å². The molecule has 4 rings (SSSR count). The van der Waals surface area contributed by atoms with Crippen LogP contribution in [-0.4, -0.2) is 72.4 Å². The molecule has 2 aliphatic heterocycles. The van der Waals surface area contributed by atoms with Gasteiger partial charge < -0.3 is 9.57 Å². The number of ether oxygens (including phenoxy) is 1. The van der Waals surface area contributed by atoms with Crippen molar-refractivity contribution in [2.75, 3.05) is 39.4 Å². The first-order valence-electron chi connectivity index (χ1n) is 10.0. The summed E-state index contributed by atoms with van der Waals surface area (Å²) in [6, 6.07) is 14.5. The number of amides is 1. The van der Waals surface area contributed by atoms with Crippen LogP contribution in [0.3, 0.4) is 0 Å². The van der Waals surface area contributed by atoms with Crippen molar-refractivity contribution >= 4 is 11.9 Å². The molecule has 0 saturated carbocycles. The summed E-state index contributed by atoms with van der Waals surface area (Å²) in [6.07, 6.45) is 0.0928. The third kappa shape index (κ3) is 4.84. The number of carbonyl (C=O) groups excluding carboxylic acids is 2. The number of morpholine rings is 1. The van der Waals surface area contributed by atoms with Crippen molar-refractivity contribution in [3.63, 3.8) is 0 Å². The molecule has 158 valence electrons. The summed E-state index contributed by atoms with van der Waals surface area (Å²) >= 11 is 0. The van der Waals surface area contributed by atoms with Gasteiger partial charge in [-0.05, 0) is 35.0 Å². The summed E-state index contributed by atoms with van der Waals surface area (Å²) in [5.74, 6) is -1.07. The summed E-state index contributed by atoms with van der Waals surface area (Å²) in [4.78, 5) is 33.4. The predicted octanol–water partition coefficient (Wildman–Crippen LogP) is 1.90. The lowest BCUT2D eigenvalue weighted by Gasteiger charge is -2.31. The van der Waals surface area contributed by atoms with Gasteiger partial charge in [-0.15, -0.1) is 0 Å². The Balaban J connectivity index is 1.48. The molecular formula is C22H24FN3O4. The molecule has 7 nitrogen and oxygen atoms in total. The predicted molar refractivity (Wildman–Crippen MR) is 107 cm³/mol. The highest BCUT2D eigenvalue weighted by molar-refractivity contribution is 5.89. The molecule has 1 atom stereocenters. The molecule has 0 aromatic heterocycles. The Morgan fingerprint density at radius 2 is 1.70 bits per heavy atom. The molecule has 2 saturated heterocycles. The van der Waals surface area contributed by atoms with E-state index in [4.69, 9.17) is 9.57 Å². The highest BCUT2D eigenvalue weighted by Crippen LogP contribution is 2.20. The molecular weight excluding hydrogens is 389 g/mol. The second kappa shape index (κ2) is 9.34. The Morgan fingerprint density at radius 3 is 2.40 bits per heavy atom. The van der Waals surface area contributed by atoms with Gasteiger partial charge in [-0.2, -0.15) is 0 Å². The van der Waals surface area contributed by atoms with Gasteiger partial charge in [0.25, 0.3) is 0 Å². The van der Waals surface area contributed by atoms with Crippen LogP contribution in [0.2, 0.25) is 0 Å². The normalized spacial score (nSPS) is 20.3. The van der Waals surface area contributed by atoms with E-state index >= 15 is 0 Å². The van der Waals surface area contributed by atoms with Gasteiger partial charge in [0.15, 0.2) is 0 Å². The third-order valence-electron chi connectivity index (χ3n) is 5.34. The molecule has 0 radical (unpaired) electrons. The van der Waals surface area contributed by atoms with Gasteiger partial charge in [0, 0.05) is 19.1 Å². The average molecular weight is 413 g/mol. The van der Waals surface area contributed by atoms with E-state index in [1.165, 1.54) is 22.3 Å². The van der Waals surface area contributed by atoms with Crippen LogP contribution in [0.25, 0.3) is 0 Å². The maximum absolute atomic E-state index is 13.2. The number of nitrogens with zero attached hydrogens (tertiary/aromatic N) is 3. The first kappa shape index (κ1) is 20.5. The van der Waals surface area contributed by atoms with Crippen LogP contribution < -0.4 is 0 Å². The standard InChI is InChI=1S/C22H24FN3O4/c23-19-8-6-17(7-9-19)14-21(27)25-15-20(24-10-12-29-13-11-24)16-26(25)30-22(28)18-4-2-1-3-5-18/h1-9,20H,10-16H2. The van der Waals surface area contributed by atoms with Crippen molar-refractivity contribution in [2.45, 2.75) is 12.5 Å². The minimum absolute atomic E-state index is 0.0367. The van der Waals surface area contributed by atoms with Crippen molar-refractivity contribution < 1.29 is 23.6 Å².